The maximum absolute atomic E-state index is 14.7. The van der Waals surface area contributed by atoms with Gasteiger partial charge in [0, 0.05) is 150 Å². The number of nitrogens with one attached hydrogen (secondary N) is 1. The molecule has 24 nitrogen and oxygen atoms in total. The van der Waals surface area contributed by atoms with Crippen LogP contribution in [-0.4, -0.2) is 217 Å². The summed E-state index contributed by atoms with van der Waals surface area (Å²) in [5.41, 5.74) is 3.77. The first kappa shape index (κ1) is 69.9. The number of pyridine rings is 1. The fourth-order valence-corrected chi connectivity index (χ4v) is 14.2. The number of aromatic nitrogens is 7. The molecular formula is C69H93FN14O10S. The molecule has 0 unspecified atom stereocenters. The van der Waals surface area contributed by atoms with Gasteiger partial charge in [-0.25, -0.2) is 42.3 Å². The van der Waals surface area contributed by atoms with E-state index in [1.165, 1.54) is 23.1 Å². The van der Waals surface area contributed by atoms with Crippen LogP contribution in [0.2, 0.25) is 0 Å². The molecule has 8 heterocycles. The Morgan fingerprint density at radius 2 is 1.45 bits per heavy atom. The first-order valence-electron chi connectivity index (χ1n) is 32.9. The van der Waals surface area contributed by atoms with Gasteiger partial charge in [-0.15, -0.1) is 0 Å². The normalized spacial score (nSPS) is 19.3. The number of piperazine rings is 3. The van der Waals surface area contributed by atoms with Gasteiger partial charge in [0.1, 0.15) is 34.0 Å². The highest BCUT2D eigenvalue weighted by Crippen LogP contribution is 2.40. The molecule has 95 heavy (non-hydrogen) atoms. The van der Waals surface area contributed by atoms with Gasteiger partial charge in [0.25, 0.3) is 11.5 Å². The Balaban J connectivity index is 0.736. The predicted octanol–water partition coefficient (Wildman–Crippen LogP) is 7.97. The predicted molar refractivity (Wildman–Crippen MR) is 360 cm³/mol. The van der Waals surface area contributed by atoms with E-state index in [2.05, 4.69) is 46.6 Å². The van der Waals surface area contributed by atoms with E-state index in [-0.39, 0.29) is 78.0 Å². The minimum absolute atomic E-state index is 0.0213. The van der Waals surface area contributed by atoms with Crippen LogP contribution in [0.5, 0.6) is 5.75 Å². The number of nitrogens with zero attached hydrogens (tertiary/aromatic N) is 13. The Morgan fingerprint density at radius 3 is 2.11 bits per heavy atom. The number of hydrogen-bond acceptors (Lipinski definition) is 19. The molecular weight excluding hydrogens is 1240 g/mol. The number of halogens is 1. The number of aromatic amines is 1. The monoisotopic (exact) mass is 1330 g/mol. The van der Waals surface area contributed by atoms with Crippen LogP contribution in [0.4, 0.5) is 25.6 Å². The van der Waals surface area contributed by atoms with Crippen LogP contribution in [0.25, 0.3) is 10.9 Å². The Kier molecular flexibility index (Phi) is 20.1. The summed E-state index contributed by atoms with van der Waals surface area (Å²) in [5.74, 6) is 0.0664. The van der Waals surface area contributed by atoms with Crippen LogP contribution in [0, 0.1) is 19.7 Å². The van der Waals surface area contributed by atoms with Crippen molar-refractivity contribution < 1.29 is 46.2 Å². The molecule has 26 heteroatoms. The highest BCUT2D eigenvalue weighted by Gasteiger charge is 2.44. The lowest BCUT2D eigenvalue weighted by atomic mass is 9.91. The van der Waals surface area contributed by atoms with E-state index in [0.29, 0.717) is 141 Å². The number of hydrogen-bond donors (Lipinski definition) is 1. The lowest BCUT2D eigenvalue weighted by Gasteiger charge is -2.48. The number of fused-ring (bicyclic) bond motifs is 2. The zero-order chi connectivity index (χ0) is 68.9. The number of benzene rings is 2. The first-order valence-corrected chi connectivity index (χ1v) is 34.3. The van der Waals surface area contributed by atoms with Crippen molar-refractivity contribution in [3.8, 4) is 5.75 Å². The molecule has 4 aliphatic rings. The standard InChI is InChI=1S/C69H93FN14O10S/c1-43-36-80(27-26-79(43)38-51-39-82(64(88)93-66(5,6)7)44(2)37-81(51)40-59(85)83-41-69(14,15)60-56(83)30-48(61(86)75-60)29-47-17-19-50(70)20-18-47)63-71-34-49(35-72-63)62(87)78-24-22-77(23-25-78)21-16-28-92-57-33-54-52(31-58(57)95(90,91)68(11,12)13)53(73-42-74-54)32-55-45(3)46(4)76-84(55)65(89)94-67(8,9)10/h17-20,30-31,33-35,42-44,51H,16,21-29,32,36-41H2,1-15H3,(H,75,86)/t43-,44-,51+/m1/s1. The van der Waals surface area contributed by atoms with Crippen LogP contribution in [-0.2, 0) is 42.4 Å². The zero-order valence-corrected chi connectivity index (χ0v) is 58.5. The quantitative estimate of drug-likeness (QED) is 0.0901. The molecule has 0 spiro atoms. The molecule has 2 aromatic carbocycles. The average molecular weight is 1330 g/mol. The number of anilines is 2. The Morgan fingerprint density at radius 1 is 0.779 bits per heavy atom. The van der Waals surface area contributed by atoms with Crippen molar-refractivity contribution in [2.45, 2.75) is 168 Å². The summed E-state index contributed by atoms with van der Waals surface area (Å²) in [7, 11) is -3.94. The fraction of sp³-hybridized carbons (Fsp3) is 0.565. The van der Waals surface area contributed by atoms with Crippen LogP contribution >= 0.6 is 0 Å². The van der Waals surface area contributed by atoms with E-state index in [1.54, 1.807) is 94.1 Å². The Hall–Kier alpha value is -7.94. The molecule has 512 valence electrons. The van der Waals surface area contributed by atoms with Crippen molar-refractivity contribution in [3.05, 3.63) is 122 Å². The second-order valence-corrected chi connectivity index (χ2v) is 32.2. The van der Waals surface area contributed by atoms with E-state index in [9.17, 15) is 36.8 Å². The van der Waals surface area contributed by atoms with Crippen LogP contribution < -0.4 is 20.1 Å². The third-order valence-corrected chi connectivity index (χ3v) is 20.8. The summed E-state index contributed by atoms with van der Waals surface area (Å²) in [6.45, 7) is 34.4. The van der Waals surface area contributed by atoms with Crippen molar-refractivity contribution in [1.29, 1.82) is 0 Å². The molecule has 3 atom stereocenters. The first-order chi connectivity index (χ1) is 44.5. The van der Waals surface area contributed by atoms with E-state index in [4.69, 9.17) is 24.2 Å². The van der Waals surface area contributed by atoms with Gasteiger partial charge in [-0.1, -0.05) is 26.0 Å². The largest absolute Gasteiger partial charge is 0.492 e. The molecule has 3 saturated heterocycles. The second kappa shape index (κ2) is 27.3. The van der Waals surface area contributed by atoms with E-state index >= 15 is 0 Å². The highest BCUT2D eigenvalue weighted by molar-refractivity contribution is 7.92. The lowest BCUT2D eigenvalue weighted by Crippen LogP contribution is -2.65. The summed E-state index contributed by atoms with van der Waals surface area (Å²) < 4.78 is 60.3. The van der Waals surface area contributed by atoms with E-state index in [1.807, 2.05) is 60.3 Å². The lowest BCUT2D eigenvalue weighted by molar-refractivity contribution is -0.121. The maximum Gasteiger partial charge on any atom is 0.435 e. The van der Waals surface area contributed by atoms with Crippen molar-refractivity contribution >= 4 is 56.4 Å². The van der Waals surface area contributed by atoms with Gasteiger partial charge < -0.3 is 38.8 Å². The number of H-pyrrole nitrogens is 1. The average Bonchev–Trinajstić information content (AvgIpc) is 1.74. The molecule has 0 saturated carbocycles. The summed E-state index contributed by atoms with van der Waals surface area (Å²) >= 11 is 0. The van der Waals surface area contributed by atoms with Crippen molar-refractivity contribution in [1.82, 2.24) is 59.2 Å². The molecule has 3 fully saturated rings. The second-order valence-electron chi connectivity index (χ2n) is 29.5. The number of carbonyl (C=O) groups is 4. The molecule has 4 aliphatic heterocycles. The smallest absolute Gasteiger partial charge is 0.435 e. The molecule has 0 aliphatic carbocycles. The van der Waals surface area contributed by atoms with Gasteiger partial charge in [-0.05, 0) is 132 Å². The number of carbonyl (C=O) groups excluding carboxylic acids is 4. The van der Waals surface area contributed by atoms with Gasteiger partial charge >= 0.3 is 12.2 Å². The molecule has 0 radical (unpaired) electrons. The molecule has 0 bridgehead atoms. The van der Waals surface area contributed by atoms with Crippen LogP contribution in [0.3, 0.4) is 0 Å². The topological polar surface area (TPSA) is 255 Å². The van der Waals surface area contributed by atoms with Crippen molar-refractivity contribution in [3.63, 3.8) is 0 Å². The Bertz CT molecular complexity index is 4020. The molecule has 4 aromatic heterocycles. The van der Waals surface area contributed by atoms with Crippen molar-refractivity contribution in [2.24, 2.45) is 0 Å². The van der Waals surface area contributed by atoms with Crippen molar-refractivity contribution in [2.75, 3.05) is 101 Å². The summed E-state index contributed by atoms with van der Waals surface area (Å²) in [4.78, 5) is 105. The highest BCUT2D eigenvalue weighted by atomic mass is 32.2. The molecule has 6 aromatic rings. The summed E-state index contributed by atoms with van der Waals surface area (Å²) in [6.07, 6.45) is 4.59. The molecule has 1 N–H and O–H groups in total. The van der Waals surface area contributed by atoms with Gasteiger partial charge in [-0.2, -0.15) is 9.78 Å². The maximum atomic E-state index is 14.7. The van der Waals surface area contributed by atoms with Gasteiger partial charge in [0.2, 0.25) is 11.9 Å². The minimum Gasteiger partial charge on any atom is -0.492 e. The number of rotatable bonds is 16. The third kappa shape index (κ3) is 15.8. The van der Waals surface area contributed by atoms with Gasteiger partial charge in [-0.3, -0.25) is 29.1 Å². The van der Waals surface area contributed by atoms with Crippen LogP contribution in [0.15, 0.2) is 70.9 Å². The van der Waals surface area contributed by atoms with E-state index in [0.717, 1.165) is 11.1 Å². The molecule has 3 amide bonds. The van der Waals surface area contributed by atoms with Crippen LogP contribution in [0.1, 0.15) is 146 Å². The zero-order valence-electron chi connectivity index (χ0n) is 57.7. The number of ether oxygens (including phenoxy) is 3. The SMILES string of the molecule is Cc1nn(C(=O)OC(C)(C)C)c(Cc2ncnc3cc(OCCCN4CCN(C(=O)c5cnc(N6CCN(C[C@H]7CN(C(=O)OC(C)(C)C)[C@H](C)CN7CC(=O)N7CC(C)(C)c8[nH]c(=O)c(Cc9ccc(F)cc9)cc87)[C@H](C)C6)nc5)CC4)c(S(=O)(=O)C(C)(C)C)cc23)c1C. The number of amides is 3. The summed E-state index contributed by atoms with van der Waals surface area (Å²) in [5, 5.41) is 4.97. The molecule has 10 rings (SSSR count). The third-order valence-electron chi connectivity index (χ3n) is 18.3. The fourth-order valence-electron chi connectivity index (χ4n) is 12.9. The minimum atomic E-state index is -3.94. The number of sulfone groups is 1. The number of aryl methyl sites for hydroxylation is 1. The summed E-state index contributed by atoms with van der Waals surface area (Å²) in [6, 6.07) is 10.6. The van der Waals surface area contributed by atoms with Gasteiger partial charge in [0.05, 0.1) is 51.7 Å². The van der Waals surface area contributed by atoms with E-state index < -0.39 is 43.4 Å². The Labute approximate surface area is 556 Å². The van der Waals surface area contributed by atoms with Gasteiger partial charge in [0.15, 0.2) is 9.84 Å².